The van der Waals surface area contributed by atoms with Crippen LogP contribution in [-0.2, 0) is 6.42 Å². The predicted molar refractivity (Wildman–Crippen MR) is 115 cm³/mol. The molecule has 0 fully saturated rings. The average Bonchev–Trinajstić information content (AvgIpc) is 2.66. The summed E-state index contributed by atoms with van der Waals surface area (Å²) in [4.78, 5) is 25.0. The van der Waals surface area contributed by atoms with Crippen molar-refractivity contribution in [3.8, 4) is 5.75 Å². The second kappa shape index (κ2) is 8.11. The molecule has 0 aliphatic carbocycles. The van der Waals surface area contributed by atoms with Crippen molar-refractivity contribution < 1.29 is 14.3 Å². The van der Waals surface area contributed by atoms with Gasteiger partial charge in [0, 0.05) is 40.0 Å². The van der Waals surface area contributed by atoms with Crippen molar-refractivity contribution in [2.45, 2.75) is 45.7 Å². The van der Waals surface area contributed by atoms with Crippen LogP contribution in [0.15, 0.2) is 48.5 Å². The van der Waals surface area contributed by atoms with Gasteiger partial charge in [0.2, 0.25) is 0 Å². The molecule has 0 aromatic heterocycles. The number of carbonyl (C=O) groups excluding carboxylic acids is 2. The third kappa shape index (κ3) is 4.86. The Morgan fingerprint density at radius 3 is 2.38 bits per heavy atom. The molecule has 0 radical (unpaired) electrons. The molecule has 3 rings (SSSR count). The van der Waals surface area contributed by atoms with E-state index in [2.05, 4.69) is 30.5 Å². The van der Waals surface area contributed by atoms with Crippen molar-refractivity contribution in [3.63, 3.8) is 0 Å². The Bertz CT molecular complexity index is 957. The molecule has 1 amide bonds. The van der Waals surface area contributed by atoms with Crippen LogP contribution in [0.3, 0.4) is 0 Å². The fourth-order valence-electron chi connectivity index (χ4n) is 3.50. The lowest BCUT2D eigenvalue weighted by atomic mass is 9.85. The van der Waals surface area contributed by atoms with Crippen molar-refractivity contribution in [1.82, 2.24) is 10.6 Å². The third-order valence-electron chi connectivity index (χ3n) is 4.84. The zero-order valence-corrected chi connectivity index (χ0v) is 17.6. The standard InChI is InChI=1S/C24H28N2O3/c1-15(2)25-23(28)17-8-6-16(7-9-17)22(27)13-21-20-12-19(29-5)11-10-18(20)14-24(3,4)26-21/h6-13,15,26H,14H2,1-5H3,(H,25,28). The van der Waals surface area contributed by atoms with Gasteiger partial charge >= 0.3 is 0 Å². The molecule has 0 saturated carbocycles. The first-order valence-electron chi connectivity index (χ1n) is 9.81. The number of nitrogens with one attached hydrogen (secondary N) is 2. The van der Waals surface area contributed by atoms with Crippen LogP contribution in [0.5, 0.6) is 5.75 Å². The minimum atomic E-state index is -0.160. The van der Waals surface area contributed by atoms with Gasteiger partial charge in [0.1, 0.15) is 5.75 Å². The number of rotatable bonds is 5. The van der Waals surface area contributed by atoms with Gasteiger partial charge in [0.15, 0.2) is 5.78 Å². The number of ketones is 1. The summed E-state index contributed by atoms with van der Waals surface area (Å²) in [5.74, 6) is 0.494. The Kier molecular flexibility index (Phi) is 5.78. The number of allylic oxidation sites excluding steroid dienone is 1. The zero-order valence-electron chi connectivity index (χ0n) is 17.6. The zero-order chi connectivity index (χ0) is 21.2. The van der Waals surface area contributed by atoms with Crippen molar-refractivity contribution in [1.29, 1.82) is 0 Å². The maximum atomic E-state index is 12.9. The van der Waals surface area contributed by atoms with Gasteiger partial charge in [-0.3, -0.25) is 9.59 Å². The van der Waals surface area contributed by atoms with E-state index in [9.17, 15) is 9.59 Å². The van der Waals surface area contributed by atoms with Crippen molar-refractivity contribution >= 4 is 17.4 Å². The smallest absolute Gasteiger partial charge is 0.251 e. The van der Waals surface area contributed by atoms with Gasteiger partial charge in [-0.1, -0.05) is 18.2 Å². The molecule has 0 unspecified atom stereocenters. The van der Waals surface area contributed by atoms with Gasteiger partial charge in [0.05, 0.1) is 7.11 Å². The van der Waals surface area contributed by atoms with E-state index >= 15 is 0 Å². The Labute approximate surface area is 172 Å². The first kappa shape index (κ1) is 20.6. The number of amides is 1. The number of hydrogen-bond donors (Lipinski definition) is 2. The summed E-state index contributed by atoms with van der Waals surface area (Å²) in [5, 5.41) is 6.32. The topological polar surface area (TPSA) is 67.4 Å². The largest absolute Gasteiger partial charge is 0.497 e. The summed E-state index contributed by atoms with van der Waals surface area (Å²) in [6.07, 6.45) is 2.49. The molecule has 1 heterocycles. The molecule has 2 aromatic carbocycles. The lowest BCUT2D eigenvalue weighted by molar-refractivity contribution is 0.0941. The number of methoxy groups -OCH3 is 1. The van der Waals surface area contributed by atoms with E-state index in [1.54, 1.807) is 37.5 Å². The normalized spacial score (nSPS) is 16.1. The highest BCUT2D eigenvalue weighted by Gasteiger charge is 2.28. The van der Waals surface area contributed by atoms with Gasteiger partial charge in [-0.2, -0.15) is 0 Å². The molecule has 1 aliphatic rings. The molecule has 29 heavy (non-hydrogen) atoms. The number of benzene rings is 2. The average molecular weight is 392 g/mol. The van der Waals surface area contributed by atoms with Crippen LogP contribution in [0.1, 0.15) is 59.5 Å². The molecule has 5 heteroatoms. The fraction of sp³-hybridized carbons (Fsp3) is 0.333. The van der Waals surface area contributed by atoms with Crippen LogP contribution in [0, 0.1) is 0 Å². The van der Waals surface area contributed by atoms with Gasteiger partial charge < -0.3 is 15.4 Å². The van der Waals surface area contributed by atoms with Crippen LogP contribution in [0.25, 0.3) is 5.70 Å². The number of fused-ring (bicyclic) bond motifs is 1. The van der Waals surface area contributed by atoms with Crippen molar-refractivity contribution in [2.24, 2.45) is 0 Å². The summed E-state index contributed by atoms with van der Waals surface area (Å²) in [6.45, 7) is 8.04. The van der Waals surface area contributed by atoms with Crippen molar-refractivity contribution in [2.75, 3.05) is 7.11 Å². The van der Waals surface area contributed by atoms with Crippen LogP contribution in [0.4, 0.5) is 0 Å². The van der Waals surface area contributed by atoms with Gasteiger partial charge in [-0.15, -0.1) is 0 Å². The fourth-order valence-corrected chi connectivity index (χ4v) is 3.50. The van der Waals surface area contributed by atoms with Crippen LogP contribution in [0.2, 0.25) is 0 Å². The monoisotopic (exact) mass is 392 g/mol. The van der Waals surface area contributed by atoms with Gasteiger partial charge in [0.25, 0.3) is 5.91 Å². The van der Waals surface area contributed by atoms with E-state index in [-0.39, 0.29) is 23.3 Å². The second-order valence-electron chi connectivity index (χ2n) is 8.34. The number of ether oxygens (including phenoxy) is 1. The van der Waals surface area contributed by atoms with E-state index in [0.29, 0.717) is 11.1 Å². The van der Waals surface area contributed by atoms with E-state index in [4.69, 9.17) is 4.74 Å². The first-order chi connectivity index (χ1) is 13.7. The van der Waals surface area contributed by atoms with Crippen molar-refractivity contribution in [3.05, 3.63) is 70.8 Å². The minimum Gasteiger partial charge on any atom is -0.497 e. The Morgan fingerprint density at radius 1 is 1.10 bits per heavy atom. The summed E-state index contributed by atoms with van der Waals surface area (Å²) in [7, 11) is 1.63. The quantitative estimate of drug-likeness (QED) is 0.597. The van der Waals surface area contributed by atoms with Gasteiger partial charge in [-0.25, -0.2) is 0 Å². The third-order valence-corrected chi connectivity index (χ3v) is 4.84. The van der Waals surface area contributed by atoms with Crippen LogP contribution in [-0.4, -0.2) is 30.4 Å². The Balaban J connectivity index is 1.89. The molecule has 0 saturated heterocycles. The number of carbonyl (C=O) groups is 2. The summed E-state index contributed by atoms with van der Waals surface area (Å²) in [6, 6.07) is 12.8. The summed E-state index contributed by atoms with van der Waals surface area (Å²) < 4.78 is 5.36. The molecule has 2 N–H and O–H groups in total. The van der Waals surface area contributed by atoms with E-state index in [1.807, 2.05) is 26.0 Å². The lowest BCUT2D eigenvalue weighted by Crippen LogP contribution is -2.43. The van der Waals surface area contributed by atoms with E-state index < -0.39 is 0 Å². The Hall–Kier alpha value is -3.08. The first-order valence-corrected chi connectivity index (χ1v) is 9.81. The molecule has 152 valence electrons. The van der Waals surface area contributed by atoms with Gasteiger partial charge in [-0.05, 0) is 63.9 Å². The lowest BCUT2D eigenvalue weighted by Gasteiger charge is -2.35. The molecule has 0 bridgehead atoms. The SMILES string of the molecule is COc1ccc2c(c1)C(=CC(=O)c1ccc(C(=O)NC(C)C)cc1)NC(C)(C)C2. The summed E-state index contributed by atoms with van der Waals surface area (Å²) in [5.41, 5.74) is 3.84. The summed E-state index contributed by atoms with van der Waals surface area (Å²) >= 11 is 0. The minimum absolute atomic E-state index is 0.0614. The Morgan fingerprint density at radius 2 is 1.76 bits per heavy atom. The molecule has 2 aromatic rings. The number of hydrogen-bond acceptors (Lipinski definition) is 4. The highest BCUT2D eigenvalue weighted by molar-refractivity contribution is 6.09. The maximum Gasteiger partial charge on any atom is 0.251 e. The van der Waals surface area contributed by atoms with E-state index in [0.717, 1.165) is 23.4 Å². The molecule has 5 nitrogen and oxygen atoms in total. The molecule has 0 atom stereocenters. The predicted octanol–water partition coefficient (Wildman–Crippen LogP) is 3.98. The highest BCUT2D eigenvalue weighted by Crippen LogP contribution is 2.32. The van der Waals surface area contributed by atoms with Crippen LogP contribution >= 0.6 is 0 Å². The maximum absolute atomic E-state index is 12.9. The molecule has 1 aliphatic heterocycles. The molecule has 0 spiro atoms. The second-order valence-corrected chi connectivity index (χ2v) is 8.34. The van der Waals surface area contributed by atoms with Crippen LogP contribution < -0.4 is 15.4 Å². The molecular weight excluding hydrogens is 364 g/mol. The molecular formula is C24H28N2O3. The highest BCUT2D eigenvalue weighted by atomic mass is 16.5. The van der Waals surface area contributed by atoms with E-state index in [1.165, 1.54) is 5.56 Å².